The number of ether oxygens (including phenoxy) is 3. The van der Waals surface area contributed by atoms with Crippen LogP contribution < -0.4 is 15.0 Å². The van der Waals surface area contributed by atoms with E-state index < -0.39 is 0 Å². The van der Waals surface area contributed by atoms with Crippen molar-refractivity contribution in [1.82, 2.24) is 14.9 Å². The molecule has 1 aliphatic carbocycles. The van der Waals surface area contributed by atoms with Crippen LogP contribution in [0.15, 0.2) is 23.3 Å². The molecule has 1 heterocycles. The first kappa shape index (κ1) is 19.2. The number of carbonyl (C=O) groups is 1. The van der Waals surface area contributed by atoms with E-state index in [9.17, 15) is 9.59 Å². The number of hydrogen-bond acceptors (Lipinski definition) is 6. The predicted molar refractivity (Wildman–Crippen MR) is 100 cm³/mol. The Hall–Kier alpha value is -2.61. The lowest BCUT2D eigenvalue weighted by molar-refractivity contribution is -0.136. The quantitative estimate of drug-likeness (QED) is 0.826. The van der Waals surface area contributed by atoms with Crippen molar-refractivity contribution in [2.24, 2.45) is 0 Å². The van der Waals surface area contributed by atoms with Crippen LogP contribution in [0.4, 0.5) is 0 Å². The van der Waals surface area contributed by atoms with Gasteiger partial charge in [0.25, 0.3) is 5.56 Å². The highest BCUT2D eigenvalue weighted by Gasteiger charge is 2.28. The highest BCUT2D eigenvalue weighted by Crippen LogP contribution is 2.34. The highest BCUT2D eigenvalue weighted by molar-refractivity contribution is 5.81. The lowest BCUT2D eigenvalue weighted by Crippen LogP contribution is -2.42. The highest BCUT2D eigenvalue weighted by atomic mass is 16.5. The summed E-state index contributed by atoms with van der Waals surface area (Å²) >= 11 is 0. The van der Waals surface area contributed by atoms with Gasteiger partial charge in [-0.25, -0.2) is 4.98 Å². The smallest absolute Gasteiger partial charge is 0.258 e. The summed E-state index contributed by atoms with van der Waals surface area (Å²) in [6.07, 6.45) is 4.73. The number of H-pyrrole nitrogens is 1. The van der Waals surface area contributed by atoms with Gasteiger partial charge in [-0.3, -0.25) is 9.59 Å². The van der Waals surface area contributed by atoms with Gasteiger partial charge in [0.05, 0.1) is 30.4 Å². The number of nitrogens with one attached hydrogen (secondary N) is 1. The maximum atomic E-state index is 12.0. The van der Waals surface area contributed by atoms with Gasteiger partial charge in [0.2, 0.25) is 5.91 Å². The first-order valence-corrected chi connectivity index (χ1v) is 9.00. The van der Waals surface area contributed by atoms with Crippen LogP contribution in [0.5, 0.6) is 11.5 Å². The lowest BCUT2D eigenvalue weighted by atomic mass is 9.92. The van der Waals surface area contributed by atoms with Crippen molar-refractivity contribution in [1.29, 1.82) is 0 Å². The van der Waals surface area contributed by atoms with Crippen molar-refractivity contribution in [3.05, 3.63) is 28.8 Å². The summed E-state index contributed by atoms with van der Waals surface area (Å²) in [5.74, 6) is 1.08. The van der Waals surface area contributed by atoms with Crippen molar-refractivity contribution in [2.45, 2.75) is 37.8 Å². The average molecular weight is 375 g/mol. The van der Waals surface area contributed by atoms with Gasteiger partial charge in [-0.2, -0.15) is 0 Å². The molecular formula is C19H25N3O5. The Morgan fingerprint density at radius 2 is 1.96 bits per heavy atom. The molecule has 0 spiro atoms. The van der Waals surface area contributed by atoms with E-state index in [-0.39, 0.29) is 30.2 Å². The Labute approximate surface area is 157 Å². The number of aromatic amines is 1. The number of rotatable bonds is 6. The monoisotopic (exact) mass is 375 g/mol. The van der Waals surface area contributed by atoms with Gasteiger partial charge in [-0.15, -0.1) is 0 Å². The SMILES string of the molecule is COCC(=O)N(C)[C@H]1CC[C@H](Oc2cc3c(=O)[nH]cnc3cc2OC)CC1. The number of fused-ring (bicyclic) bond motifs is 1. The Kier molecular flexibility index (Phi) is 5.95. The van der Waals surface area contributed by atoms with Crippen LogP contribution in [-0.2, 0) is 9.53 Å². The molecule has 0 saturated heterocycles. The summed E-state index contributed by atoms with van der Waals surface area (Å²) in [4.78, 5) is 32.5. The van der Waals surface area contributed by atoms with Gasteiger partial charge in [-0.05, 0) is 31.7 Å². The maximum Gasteiger partial charge on any atom is 0.258 e. The molecule has 0 atom stereocenters. The molecule has 1 amide bonds. The first-order valence-electron chi connectivity index (χ1n) is 9.00. The van der Waals surface area contributed by atoms with E-state index in [4.69, 9.17) is 14.2 Å². The molecule has 3 rings (SSSR count). The fraction of sp³-hybridized carbons (Fsp3) is 0.526. The molecule has 1 fully saturated rings. The fourth-order valence-electron chi connectivity index (χ4n) is 3.49. The molecule has 0 radical (unpaired) electrons. The molecule has 1 N–H and O–H groups in total. The molecule has 0 bridgehead atoms. The number of aromatic nitrogens is 2. The molecule has 1 aromatic heterocycles. The number of benzene rings is 1. The van der Waals surface area contributed by atoms with Crippen LogP contribution >= 0.6 is 0 Å². The maximum absolute atomic E-state index is 12.0. The normalized spacial score (nSPS) is 19.7. The zero-order valence-corrected chi connectivity index (χ0v) is 15.9. The fourth-order valence-corrected chi connectivity index (χ4v) is 3.49. The largest absolute Gasteiger partial charge is 0.493 e. The Morgan fingerprint density at radius 1 is 1.22 bits per heavy atom. The summed E-state index contributed by atoms with van der Waals surface area (Å²) in [6.45, 7) is 0.101. The van der Waals surface area contributed by atoms with Crippen LogP contribution in [0.25, 0.3) is 10.9 Å². The van der Waals surface area contributed by atoms with Crippen molar-refractivity contribution in [3.63, 3.8) is 0 Å². The molecule has 0 aliphatic heterocycles. The summed E-state index contributed by atoms with van der Waals surface area (Å²) < 4.78 is 16.5. The number of carbonyl (C=O) groups excluding carboxylic acids is 1. The van der Waals surface area contributed by atoms with Crippen LogP contribution in [0.1, 0.15) is 25.7 Å². The van der Waals surface area contributed by atoms with E-state index in [0.29, 0.717) is 22.4 Å². The molecule has 8 heteroatoms. The molecule has 8 nitrogen and oxygen atoms in total. The molecule has 27 heavy (non-hydrogen) atoms. The van der Waals surface area contributed by atoms with E-state index in [1.165, 1.54) is 13.4 Å². The predicted octanol–water partition coefficient (Wildman–Crippen LogP) is 1.73. The standard InChI is InChI=1S/C19H25N3O5/c1-22(18(23)10-25-2)12-4-6-13(7-5-12)27-17-8-14-15(9-16(17)26-3)20-11-21-19(14)24/h8-9,11-13H,4-7,10H2,1-3H3,(H,20,21,24)/t12-,13-. The van der Waals surface area contributed by atoms with Gasteiger partial charge in [0, 0.05) is 26.3 Å². The molecule has 0 unspecified atom stereocenters. The number of nitrogens with zero attached hydrogens (tertiary/aromatic N) is 2. The van der Waals surface area contributed by atoms with Crippen LogP contribution in [0, 0.1) is 0 Å². The zero-order chi connectivity index (χ0) is 19.4. The second kappa shape index (κ2) is 8.39. The van der Waals surface area contributed by atoms with Crippen molar-refractivity contribution < 1.29 is 19.0 Å². The Balaban J connectivity index is 1.69. The van der Waals surface area contributed by atoms with Crippen molar-refractivity contribution >= 4 is 16.8 Å². The Morgan fingerprint density at radius 3 is 2.63 bits per heavy atom. The second-order valence-corrected chi connectivity index (χ2v) is 6.74. The number of hydrogen-bond donors (Lipinski definition) is 1. The van der Waals surface area contributed by atoms with Gasteiger partial charge < -0.3 is 24.1 Å². The van der Waals surface area contributed by atoms with Crippen LogP contribution in [0.2, 0.25) is 0 Å². The summed E-state index contributed by atoms with van der Waals surface area (Å²) in [5.41, 5.74) is 0.347. The molecule has 1 aliphatic rings. The molecular weight excluding hydrogens is 350 g/mol. The number of likely N-dealkylation sites (N-methyl/N-ethyl adjacent to an activating group) is 1. The molecule has 2 aromatic rings. The minimum Gasteiger partial charge on any atom is -0.493 e. The van der Waals surface area contributed by atoms with Gasteiger partial charge in [-0.1, -0.05) is 0 Å². The van der Waals surface area contributed by atoms with Gasteiger partial charge in [0.15, 0.2) is 11.5 Å². The third kappa shape index (κ3) is 4.21. The molecule has 1 aromatic carbocycles. The van der Waals surface area contributed by atoms with E-state index in [1.807, 2.05) is 7.05 Å². The van der Waals surface area contributed by atoms with E-state index in [0.717, 1.165) is 25.7 Å². The van der Waals surface area contributed by atoms with E-state index in [1.54, 1.807) is 24.1 Å². The number of methoxy groups -OCH3 is 2. The minimum absolute atomic E-state index is 0.00859. The van der Waals surface area contributed by atoms with Crippen molar-refractivity contribution in [3.8, 4) is 11.5 Å². The molecule has 1 saturated carbocycles. The third-order valence-electron chi connectivity index (χ3n) is 5.07. The van der Waals surface area contributed by atoms with E-state index in [2.05, 4.69) is 9.97 Å². The Bertz CT molecular complexity index is 858. The topological polar surface area (TPSA) is 93.8 Å². The summed E-state index contributed by atoms with van der Waals surface area (Å²) in [7, 11) is 4.90. The van der Waals surface area contributed by atoms with Crippen LogP contribution in [-0.4, -0.2) is 60.8 Å². The van der Waals surface area contributed by atoms with Gasteiger partial charge >= 0.3 is 0 Å². The third-order valence-corrected chi connectivity index (χ3v) is 5.07. The molecule has 146 valence electrons. The second-order valence-electron chi connectivity index (χ2n) is 6.74. The zero-order valence-electron chi connectivity index (χ0n) is 15.9. The van der Waals surface area contributed by atoms with Crippen LogP contribution in [0.3, 0.4) is 0 Å². The van der Waals surface area contributed by atoms with Crippen molar-refractivity contribution in [2.75, 3.05) is 27.9 Å². The lowest BCUT2D eigenvalue weighted by Gasteiger charge is -2.34. The van der Waals surface area contributed by atoms with Gasteiger partial charge in [0.1, 0.15) is 6.61 Å². The van der Waals surface area contributed by atoms with E-state index >= 15 is 0 Å². The summed E-state index contributed by atoms with van der Waals surface area (Å²) in [6, 6.07) is 3.58. The first-order chi connectivity index (χ1) is 13.0. The summed E-state index contributed by atoms with van der Waals surface area (Å²) in [5, 5.41) is 0.465. The number of amides is 1. The average Bonchev–Trinajstić information content (AvgIpc) is 2.68. The minimum atomic E-state index is -0.213.